The van der Waals surface area contributed by atoms with Gasteiger partial charge in [-0.15, -0.1) is 0 Å². The first-order chi connectivity index (χ1) is 15.5. The van der Waals surface area contributed by atoms with Crippen LogP contribution in [-0.2, 0) is 14.3 Å². The van der Waals surface area contributed by atoms with Crippen LogP contribution in [0.1, 0.15) is 26.3 Å². The zero-order valence-corrected chi connectivity index (χ0v) is 18.7. The minimum absolute atomic E-state index is 0.0456. The molecule has 0 radical (unpaired) electrons. The number of rotatable bonds is 7. The first kappa shape index (κ1) is 21.9. The maximum Gasteiger partial charge on any atom is 0.282 e. The quantitative estimate of drug-likeness (QED) is 0.619. The Balaban J connectivity index is 1.78. The van der Waals surface area contributed by atoms with Crippen LogP contribution in [0.4, 0.5) is 5.69 Å². The Hall–Kier alpha value is -3.32. The smallest absolute Gasteiger partial charge is 0.282 e. The van der Waals surface area contributed by atoms with Gasteiger partial charge < -0.3 is 19.1 Å². The zero-order chi connectivity index (χ0) is 22.7. The van der Waals surface area contributed by atoms with E-state index in [1.165, 1.54) is 4.90 Å². The maximum atomic E-state index is 13.7. The predicted molar refractivity (Wildman–Crippen MR) is 122 cm³/mol. The molecule has 4 rings (SSSR count). The number of morpholine rings is 1. The molecule has 2 aliphatic heterocycles. The summed E-state index contributed by atoms with van der Waals surface area (Å²) in [5.41, 5.74) is 1.92. The van der Waals surface area contributed by atoms with E-state index in [0.29, 0.717) is 66.9 Å². The van der Waals surface area contributed by atoms with E-state index in [9.17, 15) is 9.59 Å². The van der Waals surface area contributed by atoms with Gasteiger partial charge in [0.25, 0.3) is 11.8 Å². The third-order valence-corrected chi connectivity index (χ3v) is 5.31. The number of hydrogen-bond acceptors (Lipinski definition) is 6. The fraction of sp³-hybridized carbons (Fsp3) is 0.360. The molecule has 2 aromatic carbocycles. The van der Waals surface area contributed by atoms with Gasteiger partial charge in [0.05, 0.1) is 37.2 Å². The molecular formula is C25H28N2O5. The highest BCUT2D eigenvalue weighted by Crippen LogP contribution is 2.39. The summed E-state index contributed by atoms with van der Waals surface area (Å²) in [5.74, 6) is 0.510. The third kappa shape index (κ3) is 4.21. The van der Waals surface area contributed by atoms with Crippen LogP contribution in [0.25, 0.3) is 5.57 Å². The van der Waals surface area contributed by atoms with Crippen molar-refractivity contribution < 1.29 is 23.8 Å². The van der Waals surface area contributed by atoms with E-state index in [1.54, 1.807) is 18.2 Å². The maximum absolute atomic E-state index is 13.7. The zero-order valence-electron chi connectivity index (χ0n) is 18.7. The van der Waals surface area contributed by atoms with Crippen molar-refractivity contribution in [2.45, 2.75) is 26.9 Å². The van der Waals surface area contributed by atoms with Gasteiger partial charge >= 0.3 is 0 Å². The molecule has 7 heteroatoms. The lowest BCUT2D eigenvalue weighted by Gasteiger charge is -2.29. The minimum atomic E-state index is -0.360. The molecular weight excluding hydrogens is 408 g/mol. The molecule has 0 spiro atoms. The number of anilines is 1. The number of hydrogen-bond donors (Lipinski definition) is 0. The number of para-hydroxylation sites is 2. The second kappa shape index (κ2) is 9.44. The fourth-order valence-corrected chi connectivity index (χ4v) is 3.97. The van der Waals surface area contributed by atoms with Crippen molar-refractivity contribution in [3.8, 4) is 11.5 Å². The van der Waals surface area contributed by atoms with Crippen LogP contribution < -0.4 is 14.4 Å². The van der Waals surface area contributed by atoms with Crippen LogP contribution in [-0.4, -0.2) is 55.7 Å². The van der Waals surface area contributed by atoms with E-state index in [2.05, 4.69) is 0 Å². The number of benzene rings is 2. The minimum Gasteiger partial charge on any atom is -0.492 e. The number of imide groups is 1. The standard InChI is InChI=1S/C25H28N2O5/c1-4-31-21-8-6-5-7-20(21)27-24(28)22(18-9-11-19(12-10-18)32-17(2)3)23(25(27)29)26-13-15-30-16-14-26/h5-12,17H,4,13-16H2,1-3H3. The molecule has 2 heterocycles. The van der Waals surface area contributed by atoms with Gasteiger partial charge in [-0.25, -0.2) is 4.90 Å². The summed E-state index contributed by atoms with van der Waals surface area (Å²) in [6.45, 7) is 8.33. The molecule has 0 unspecified atom stereocenters. The van der Waals surface area contributed by atoms with Crippen LogP contribution in [0.2, 0.25) is 0 Å². The van der Waals surface area contributed by atoms with Crippen LogP contribution in [0.15, 0.2) is 54.2 Å². The summed E-state index contributed by atoms with van der Waals surface area (Å²) in [6.07, 6.45) is 0.0456. The Labute approximate surface area is 188 Å². The first-order valence-corrected chi connectivity index (χ1v) is 11.0. The number of ether oxygens (including phenoxy) is 3. The Bertz CT molecular complexity index is 1020. The molecule has 2 aliphatic rings. The van der Waals surface area contributed by atoms with Crippen molar-refractivity contribution in [1.29, 1.82) is 0 Å². The molecule has 168 valence electrons. The molecule has 0 aromatic heterocycles. The third-order valence-electron chi connectivity index (χ3n) is 5.31. The lowest BCUT2D eigenvalue weighted by atomic mass is 10.0. The topological polar surface area (TPSA) is 68.3 Å². The van der Waals surface area contributed by atoms with Gasteiger partial charge in [-0.05, 0) is 50.6 Å². The lowest BCUT2D eigenvalue weighted by molar-refractivity contribution is -0.121. The average molecular weight is 437 g/mol. The number of carbonyl (C=O) groups is 2. The van der Waals surface area contributed by atoms with E-state index in [1.807, 2.05) is 56.0 Å². The Kier molecular flexibility index (Phi) is 6.46. The van der Waals surface area contributed by atoms with Gasteiger partial charge in [-0.1, -0.05) is 24.3 Å². The summed E-state index contributed by atoms with van der Waals surface area (Å²) >= 11 is 0. The molecule has 0 saturated carbocycles. The largest absolute Gasteiger partial charge is 0.492 e. The van der Waals surface area contributed by atoms with E-state index in [4.69, 9.17) is 14.2 Å². The Morgan fingerprint density at radius 1 is 0.969 bits per heavy atom. The van der Waals surface area contributed by atoms with E-state index in [-0.39, 0.29) is 17.9 Å². The van der Waals surface area contributed by atoms with Gasteiger partial charge in [0, 0.05) is 13.1 Å². The first-order valence-electron chi connectivity index (χ1n) is 11.0. The number of nitrogens with zero attached hydrogens (tertiary/aromatic N) is 2. The van der Waals surface area contributed by atoms with Crippen molar-refractivity contribution in [2.75, 3.05) is 37.8 Å². The summed E-state index contributed by atoms with van der Waals surface area (Å²) in [7, 11) is 0. The number of carbonyl (C=O) groups excluding carboxylic acids is 2. The van der Waals surface area contributed by atoms with Crippen LogP contribution >= 0.6 is 0 Å². The molecule has 0 atom stereocenters. The van der Waals surface area contributed by atoms with Crippen molar-refractivity contribution in [3.63, 3.8) is 0 Å². The van der Waals surface area contributed by atoms with Crippen molar-refractivity contribution in [2.24, 2.45) is 0 Å². The summed E-state index contributed by atoms with van der Waals surface area (Å²) in [5, 5.41) is 0. The predicted octanol–water partition coefficient (Wildman–Crippen LogP) is 3.49. The van der Waals surface area contributed by atoms with Gasteiger partial charge in [0.15, 0.2) is 0 Å². The molecule has 0 bridgehead atoms. The van der Waals surface area contributed by atoms with Crippen LogP contribution in [0.3, 0.4) is 0 Å². The average Bonchev–Trinajstić information content (AvgIpc) is 3.05. The molecule has 0 N–H and O–H groups in total. The van der Waals surface area contributed by atoms with E-state index < -0.39 is 0 Å². The van der Waals surface area contributed by atoms with Crippen LogP contribution in [0, 0.1) is 0 Å². The lowest BCUT2D eigenvalue weighted by Crippen LogP contribution is -2.40. The molecule has 1 saturated heterocycles. The van der Waals surface area contributed by atoms with E-state index >= 15 is 0 Å². The van der Waals surface area contributed by atoms with Crippen molar-refractivity contribution in [1.82, 2.24) is 4.90 Å². The van der Waals surface area contributed by atoms with Gasteiger partial charge in [0.2, 0.25) is 0 Å². The fourth-order valence-electron chi connectivity index (χ4n) is 3.97. The SMILES string of the molecule is CCOc1ccccc1N1C(=O)C(c2ccc(OC(C)C)cc2)=C(N2CCOCC2)C1=O. The highest BCUT2D eigenvalue weighted by atomic mass is 16.5. The monoisotopic (exact) mass is 436 g/mol. The van der Waals surface area contributed by atoms with Gasteiger partial charge in [-0.3, -0.25) is 9.59 Å². The molecule has 2 aromatic rings. The summed E-state index contributed by atoms with van der Waals surface area (Å²) < 4.78 is 16.9. The molecule has 2 amide bonds. The van der Waals surface area contributed by atoms with E-state index in [0.717, 1.165) is 0 Å². The van der Waals surface area contributed by atoms with Crippen molar-refractivity contribution >= 4 is 23.1 Å². The Morgan fingerprint density at radius 2 is 1.66 bits per heavy atom. The second-order valence-electron chi connectivity index (χ2n) is 7.86. The highest BCUT2D eigenvalue weighted by molar-refractivity contribution is 6.45. The van der Waals surface area contributed by atoms with Crippen LogP contribution in [0.5, 0.6) is 11.5 Å². The number of amides is 2. The molecule has 7 nitrogen and oxygen atoms in total. The molecule has 32 heavy (non-hydrogen) atoms. The highest BCUT2D eigenvalue weighted by Gasteiger charge is 2.43. The van der Waals surface area contributed by atoms with Crippen molar-refractivity contribution in [3.05, 3.63) is 59.8 Å². The summed E-state index contributed by atoms with van der Waals surface area (Å²) in [4.78, 5) is 30.5. The molecule has 0 aliphatic carbocycles. The normalized spacial score (nSPS) is 16.9. The summed E-state index contributed by atoms with van der Waals surface area (Å²) in [6, 6.07) is 14.4. The van der Waals surface area contributed by atoms with Gasteiger partial charge in [-0.2, -0.15) is 0 Å². The van der Waals surface area contributed by atoms with Gasteiger partial charge in [0.1, 0.15) is 17.2 Å². The molecule has 1 fully saturated rings. The Morgan fingerprint density at radius 3 is 2.31 bits per heavy atom. The second-order valence-corrected chi connectivity index (χ2v) is 7.86.